The Kier molecular flexibility index (Phi) is 8.09. The molecule has 1 aliphatic heterocycles. The van der Waals surface area contributed by atoms with Crippen molar-refractivity contribution in [3.8, 4) is 5.75 Å². The minimum Gasteiger partial charge on any atom is -0.507 e. The van der Waals surface area contributed by atoms with Crippen LogP contribution in [0.25, 0.3) is 5.76 Å². The molecule has 0 aliphatic carbocycles. The molecule has 1 heterocycles. The highest BCUT2D eigenvalue weighted by molar-refractivity contribution is 6.46. The van der Waals surface area contributed by atoms with Gasteiger partial charge in [0.05, 0.1) is 18.2 Å². The van der Waals surface area contributed by atoms with Crippen LogP contribution in [-0.4, -0.2) is 34.8 Å². The number of ketones is 1. The SMILES string of the molecule is CCCCN1C(=O)C(=O)/C(=C(\O)c2ccc(OCC)c(C(C)(C)C)c2)C1c1ccc(C(C)C)cc1. The maximum atomic E-state index is 13.3. The molecule has 1 amide bonds. The lowest BCUT2D eigenvalue weighted by atomic mass is 9.84. The maximum Gasteiger partial charge on any atom is 0.295 e. The van der Waals surface area contributed by atoms with E-state index in [9.17, 15) is 14.7 Å². The van der Waals surface area contributed by atoms with E-state index < -0.39 is 17.7 Å². The fourth-order valence-electron chi connectivity index (χ4n) is 4.55. The Bertz CT molecular complexity index is 1110. The van der Waals surface area contributed by atoms with Gasteiger partial charge in [0.2, 0.25) is 0 Å². The van der Waals surface area contributed by atoms with Gasteiger partial charge in [-0.1, -0.05) is 72.2 Å². The molecule has 2 aromatic carbocycles. The number of rotatable bonds is 8. The van der Waals surface area contributed by atoms with E-state index in [1.807, 2.05) is 43.3 Å². The van der Waals surface area contributed by atoms with E-state index in [0.717, 1.165) is 29.7 Å². The van der Waals surface area contributed by atoms with Gasteiger partial charge < -0.3 is 14.7 Å². The first-order valence-electron chi connectivity index (χ1n) is 12.7. The van der Waals surface area contributed by atoms with Gasteiger partial charge in [-0.05, 0) is 54.0 Å². The molecule has 0 saturated carbocycles. The summed E-state index contributed by atoms with van der Waals surface area (Å²) >= 11 is 0. The van der Waals surface area contributed by atoms with E-state index in [2.05, 4.69) is 41.5 Å². The summed E-state index contributed by atoms with van der Waals surface area (Å²) in [4.78, 5) is 28.0. The fraction of sp³-hybridized carbons (Fsp3) is 0.467. The van der Waals surface area contributed by atoms with Gasteiger partial charge in [-0.2, -0.15) is 0 Å². The van der Waals surface area contributed by atoms with Gasteiger partial charge in [0, 0.05) is 17.7 Å². The van der Waals surface area contributed by atoms with Crippen LogP contribution < -0.4 is 4.74 Å². The number of unbranched alkanes of at least 4 members (excludes halogenated alkanes) is 1. The summed E-state index contributed by atoms with van der Waals surface area (Å²) in [6.07, 6.45) is 1.68. The number of hydrogen-bond donors (Lipinski definition) is 1. The number of Topliss-reactive ketones (excluding diaryl/α,β-unsaturated/α-hetero) is 1. The lowest BCUT2D eigenvalue weighted by molar-refractivity contribution is -0.139. The second-order valence-electron chi connectivity index (χ2n) is 10.6. The zero-order valence-electron chi connectivity index (χ0n) is 22.1. The number of ether oxygens (including phenoxy) is 1. The highest BCUT2D eigenvalue weighted by atomic mass is 16.5. The summed E-state index contributed by atoms with van der Waals surface area (Å²) in [7, 11) is 0. The molecule has 35 heavy (non-hydrogen) atoms. The molecule has 3 rings (SSSR count). The third kappa shape index (κ3) is 5.44. The predicted octanol–water partition coefficient (Wildman–Crippen LogP) is 6.73. The normalized spacial score (nSPS) is 17.9. The minimum atomic E-state index is -0.636. The largest absolute Gasteiger partial charge is 0.507 e. The number of carbonyl (C=O) groups is 2. The van der Waals surface area contributed by atoms with Crippen molar-refractivity contribution in [2.24, 2.45) is 0 Å². The third-order valence-electron chi connectivity index (χ3n) is 6.57. The summed E-state index contributed by atoms with van der Waals surface area (Å²) in [6, 6.07) is 12.9. The lowest BCUT2D eigenvalue weighted by Crippen LogP contribution is -2.30. The summed E-state index contributed by atoms with van der Waals surface area (Å²) in [5.74, 6) is -0.215. The van der Waals surface area contributed by atoms with Gasteiger partial charge in [-0.3, -0.25) is 9.59 Å². The average Bonchev–Trinajstić information content (AvgIpc) is 3.06. The number of nitrogens with zero attached hydrogens (tertiary/aromatic N) is 1. The molecule has 0 bridgehead atoms. The number of benzene rings is 2. The van der Waals surface area contributed by atoms with Gasteiger partial charge >= 0.3 is 0 Å². The van der Waals surface area contributed by atoms with Crippen LogP contribution >= 0.6 is 0 Å². The van der Waals surface area contributed by atoms with Crippen LogP contribution in [0.4, 0.5) is 0 Å². The zero-order chi connectivity index (χ0) is 25.9. The minimum absolute atomic E-state index is 0.145. The Morgan fingerprint density at radius 2 is 1.71 bits per heavy atom. The molecule has 0 aromatic heterocycles. The van der Waals surface area contributed by atoms with E-state index >= 15 is 0 Å². The first-order chi connectivity index (χ1) is 16.5. The molecule has 5 nitrogen and oxygen atoms in total. The molecule has 2 aromatic rings. The lowest BCUT2D eigenvalue weighted by Gasteiger charge is -2.26. The topological polar surface area (TPSA) is 66.8 Å². The maximum absolute atomic E-state index is 13.3. The Balaban J connectivity index is 2.19. The van der Waals surface area contributed by atoms with Gasteiger partial charge in [0.25, 0.3) is 11.7 Å². The molecule has 1 N–H and O–H groups in total. The van der Waals surface area contributed by atoms with Crippen molar-refractivity contribution in [2.45, 2.75) is 78.7 Å². The number of amides is 1. The molecule has 0 radical (unpaired) electrons. The predicted molar refractivity (Wildman–Crippen MR) is 141 cm³/mol. The van der Waals surface area contributed by atoms with Crippen molar-refractivity contribution in [3.63, 3.8) is 0 Å². The van der Waals surface area contributed by atoms with Crippen LogP contribution in [0.1, 0.15) is 95.5 Å². The summed E-state index contributed by atoms with van der Waals surface area (Å²) in [5.41, 5.74) is 3.36. The quantitative estimate of drug-likeness (QED) is 0.260. The molecule has 1 atom stereocenters. The summed E-state index contributed by atoms with van der Waals surface area (Å²) < 4.78 is 5.82. The van der Waals surface area contributed by atoms with Crippen molar-refractivity contribution in [3.05, 3.63) is 70.3 Å². The fourth-order valence-corrected chi connectivity index (χ4v) is 4.55. The molecule has 188 valence electrons. The van der Waals surface area contributed by atoms with E-state index in [1.54, 1.807) is 11.0 Å². The monoisotopic (exact) mass is 477 g/mol. The van der Waals surface area contributed by atoms with Crippen LogP contribution in [0.5, 0.6) is 5.75 Å². The molecule has 1 saturated heterocycles. The van der Waals surface area contributed by atoms with Crippen LogP contribution in [0, 0.1) is 0 Å². The highest BCUT2D eigenvalue weighted by Gasteiger charge is 2.45. The second-order valence-corrected chi connectivity index (χ2v) is 10.6. The molecular weight excluding hydrogens is 438 g/mol. The first-order valence-corrected chi connectivity index (χ1v) is 12.7. The van der Waals surface area contributed by atoms with Crippen LogP contribution in [-0.2, 0) is 15.0 Å². The van der Waals surface area contributed by atoms with Crippen molar-refractivity contribution >= 4 is 17.4 Å². The molecular formula is C30H39NO4. The van der Waals surface area contributed by atoms with Crippen LogP contribution in [0.3, 0.4) is 0 Å². The van der Waals surface area contributed by atoms with E-state index in [-0.39, 0.29) is 16.7 Å². The Morgan fingerprint density at radius 1 is 1.06 bits per heavy atom. The van der Waals surface area contributed by atoms with E-state index in [4.69, 9.17) is 4.74 Å². The smallest absolute Gasteiger partial charge is 0.295 e. The van der Waals surface area contributed by atoms with Gasteiger partial charge in [0.15, 0.2) is 0 Å². The molecule has 0 spiro atoms. The van der Waals surface area contributed by atoms with Crippen molar-refractivity contribution in [1.29, 1.82) is 0 Å². The third-order valence-corrected chi connectivity index (χ3v) is 6.57. The van der Waals surface area contributed by atoms with Gasteiger partial charge in [0.1, 0.15) is 11.5 Å². The number of likely N-dealkylation sites (tertiary alicyclic amines) is 1. The number of carbonyl (C=O) groups excluding carboxylic acids is 2. The second kappa shape index (κ2) is 10.7. The molecule has 5 heteroatoms. The zero-order valence-corrected chi connectivity index (χ0v) is 22.1. The standard InChI is InChI=1S/C30H39NO4/c1-8-10-17-31-26(21-13-11-20(12-14-21)19(3)4)25(28(33)29(31)34)27(32)22-15-16-24(35-9-2)23(18-22)30(5,6)7/h11-16,18-19,26,32H,8-10,17H2,1-7H3/b27-25-. The van der Waals surface area contributed by atoms with Crippen molar-refractivity contribution < 1.29 is 19.4 Å². The van der Waals surface area contributed by atoms with Crippen molar-refractivity contribution in [2.75, 3.05) is 13.2 Å². The van der Waals surface area contributed by atoms with Gasteiger partial charge in [-0.15, -0.1) is 0 Å². The van der Waals surface area contributed by atoms with Crippen molar-refractivity contribution in [1.82, 2.24) is 4.90 Å². The summed E-state index contributed by atoms with van der Waals surface area (Å²) in [6.45, 7) is 15.5. The Morgan fingerprint density at radius 3 is 2.26 bits per heavy atom. The average molecular weight is 478 g/mol. The van der Waals surface area contributed by atoms with Gasteiger partial charge in [-0.25, -0.2) is 0 Å². The number of hydrogen-bond acceptors (Lipinski definition) is 4. The highest BCUT2D eigenvalue weighted by Crippen LogP contribution is 2.41. The van der Waals surface area contributed by atoms with Crippen LogP contribution in [0.2, 0.25) is 0 Å². The Hall–Kier alpha value is -3.08. The van der Waals surface area contributed by atoms with E-state index in [0.29, 0.717) is 24.6 Å². The van der Waals surface area contributed by atoms with Crippen LogP contribution in [0.15, 0.2) is 48.0 Å². The number of aliphatic hydroxyl groups excluding tert-OH is 1. The number of aliphatic hydroxyl groups is 1. The summed E-state index contributed by atoms with van der Waals surface area (Å²) in [5, 5.41) is 11.5. The molecule has 1 fully saturated rings. The molecule has 1 aliphatic rings. The molecule has 1 unspecified atom stereocenters. The Labute approximate surface area is 209 Å². The van der Waals surface area contributed by atoms with E-state index in [1.165, 1.54) is 5.56 Å². The first kappa shape index (κ1) is 26.5.